The van der Waals surface area contributed by atoms with Crippen LogP contribution >= 0.6 is 0 Å². The molecule has 0 fully saturated rings. The van der Waals surface area contributed by atoms with Crippen molar-refractivity contribution < 1.29 is 5.11 Å². The molecule has 0 saturated carbocycles. The summed E-state index contributed by atoms with van der Waals surface area (Å²) < 4.78 is 0. The molecule has 0 saturated heterocycles. The number of aliphatic hydroxyl groups is 1. The van der Waals surface area contributed by atoms with Crippen molar-refractivity contribution in [1.82, 2.24) is 0 Å². The van der Waals surface area contributed by atoms with Crippen LogP contribution in [0.15, 0.2) is 49.0 Å². The van der Waals surface area contributed by atoms with Gasteiger partial charge in [0.1, 0.15) is 0 Å². The maximum atomic E-state index is 9.44. The third-order valence-corrected chi connectivity index (χ3v) is 3.16. The van der Waals surface area contributed by atoms with Gasteiger partial charge in [0.2, 0.25) is 0 Å². The molecule has 0 atom stereocenters. The zero-order valence-corrected chi connectivity index (χ0v) is 10.9. The first-order valence-electron chi connectivity index (χ1n) is 6.08. The van der Waals surface area contributed by atoms with Crippen molar-refractivity contribution in [1.29, 1.82) is 0 Å². The molecule has 1 nitrogen and oxygen atoms in total. The molecule has 0 aromatic heterocycles. The maximum Gasteiger partial charge on any atom is 0.0687 e. The summed E-state index contributed by atoms with van der Waals surface area (Å²) in [6.07, 6.45) is 0. The van der Waals surface area contributed by atoms with Gasteiger partial charge in [0.05, 0.1) is 6.61 Å². The van der Waals surface area contributed by atoms with Gasteiger partial charge in [-0.2, -0.15) is 0 Å². The van der Waals surface area contributed by atoms with Crippen LogP contribution in [0.5, 0.6) is 0 Å². The predicted octanol–water partition coefficient (Wildman–Crippen LogP) is 3.86. The molecule has 0 aliphatic rings. The summed E-state index contributed by atoms with van der Waals surface area (Å²) in [6, 6.07) is 14.4. The molecule has 0 spiro atoms. The standard InChI is InChI=1S/C17H18O/c1-12-4-7-15(8-5-12)14(3)17-9-6-13(2)10-16(17)11-18/h4-10,18H,3,11H2,1-2H3. The van der Waals surface area contributed by atoms with Crippen molar-refractivity contribution in [2.75, 3.05) is 0 Å². The van der Waals surface area contributed by atoms with Gasteiger partial charge >= 0.3 is 0 Å². The Kier molecular flexibility index (Phi) is 3.63. The quantitative estimate of drug-likeness (QED) is 0.861. The number of hydrogen-bond donors (Lipinski definition) is 1. The lowest BCUT2D eigenvalue weighted by molar-refractivity contribution is 0.281. The number of aliphatic hydroxyl groups excluding tert-OH is 1. The van der Waals surface area contributed by atoms with Gasteiger partial charge in [-0.1, -0.05) is 60.2 Å². The van der Waals surface area contributed by atoms with Gasteiger partial charge in [0, 0.05) is 0 Å². The smallest absolute Gasteiger partial charge is 0.0687 e. The molecule has 18 heavy (non-hydrogen) atoms. The molecule has 2 rings (SSSR count). The van der Waals surface area contributed by atoms with E-state index in [1.807, 2.05) is 25.1 Å². The summed E-state index contributed by atoms with van der Waals surface area (Å²) in [5.74, 6) is 0. The Morgan fingerprint density at radius 3 is 2.22 bits per heavy atom. The Bertz CT molecular complexity index is 565. The van der Waals surface area contributed by atoms with Crippen LogP contribution in [-0.4, -0.2) is 5.11 Å². The molecular weight excluding hydrogens is 220 g/mol. The number of hydrogen-bond acceptors (Lipinski definition) is 1. The molecule has 2 aromatic carbocycles. The molecule has 0 radical (unpaired) electrons. The minimum absolute atomic E-state index is 0.0435. The van der Waals surface area contributed by atoms with Crippen molar-refractivity contribution in [3.63, 3.8) is 0 Å². The second kappa shape index (κ2) is 5.19. The fourth-order valence-electron chi connectivity index (χ4n) is 2.06. The normalized spacial score (nSPS) is 10.4. The second-order valence-electron chi connectivity index (χ2n) is 4.66. The average molecular weight is 238 g/mol. The number of benzene rings is 2. The molecular formula is C17H18O. The van der Waals surface area contributed by atoms with E-state index in [2.05, 4.69) is 37.8 Å². The predicted molar refractivity (Wildman–Crippen MR) is 76.4 cm³/mol. The van der Waals surface area contributed by atoms with Gasteiger partial charge in [0.15, 0.2) is 0 Å². The zero-order chi connectivity index (χ0) is 13.1. The molecule has 1 heteroatoms. The van der Waals surface area contributed by atoms with Crippen molar-refractivity contribution in [3.05, 3.63) is 76.9 Å². The van der Waals surface area contributed by atoms with Crippen molar-refractivity contribution >= 4 is 5.57 Å². The average Bonchev–Trinajstić information content (AvgIpc) is 2.38. The first-order valence-corrected chi connectivity index (χ1v) is 6.08. The fourth-order valence-corrected chi connectivity index (χ4v) is 2.06. The SMILES string of the molecule is C=C(c1ccc(C)cc1)c1ccc(C)cc1CO. The lowest BCUT2D eigenvalue weighted by Gasteiger charge is -2.12. The Morgan fingerprint density at radius 2 is 1.61 bits per heavy atom. The van der Waals surface area contributed by atoms with Crippen LogP contribution in [0.1, 0.15) is 27.8 Å². The van der Waals surface area contributed by atoms with Crippen molar-refractivity contribution in [2.45, 2.75) is 20.5 Å². The van der Waals surface area contributed by atoms with Gasteiger partial charge in [-0.05, 0) is 36.1 Å². The van der Waals surface area contributed by atoms with Crippen LogP contribution in [0.25, 0.3) is 5.57 Å². The molecule has 1 N–H and O–H groups in total. The Balaban J connectivity index is 2.42. The van der Waals surface area contributed by atoms with Crippen LogP contribution in [0, 0.1) is 13.8 Å². The lowest BCUT2D eigenvalue weighted by Crippen LogP contribution is -1.95. The Labute approximate surface area is 108 Å². The minimum atomic E-state index is 0.0435. The lowest BCUT2D eigenvalue weighted by atomic mass is 9.94. The summed E-state index contributed by atoms with van der Waals surface area (Å²) in [6.45, 7) is 8.29. The third kappa shape index (κ3) is 2.52. The van der Waals surface area contributed by atoms with Gasteiger partial charge < -0.3 is 5.11 Å². The molecule has 0 amide bonds. The Hall–Kier alpha value is -1.86. The van der Waals surface area contributed by atoms with Crippen LogP contribution in [0.3, 0.4) is 0 Å². The molecule has 0 aliphatic heterocycles. The summed E-state index contributed by atoms with van der Waals surface area (Å²) in [7, 11) is 0. The largest absolute Gasteiger partial charge is 0.392 e. The van der Waals surface area contributed by atoms with Gasteiger partial charge in [-0.15, -0.1) is 0 Å². The monoisotopic (exact) mass is 238 g/mol. The van der Waals surface area contributed by atoms with E-state index >= 15 is 0 Å². The molecule has 0 unspecified atom stereocenters. The van der Waals surface area contributed by atoms with E-state index in [-0.39, 0.29) is 6.61 Å². The third-order valence-electron chi connectivity index (χ3n) is 3.16. The molecule has 92 valence electrons. The van der Waals surface area contributed by atoms with Crippen molar-refractivity contribution in [2.24, 2.45) is 0 Å². The topological polar surface area (TPSA) is 20.2 Å². The number of rotatable bonds is 3. The first-order chi connectivity index (χ1) is 8.61. The van der Waals surface area contributed by atoms with E-state index in [4.69, 9.17) is 0 Å². The fraction of sp³-hybridized carbons (Fsp3) is 0.176. The highest BCUT2D eigenvalue weighted by Gasteiger charge is 2.07. The number of aryl methyl sites for hydroxylation is 2. The molecule has 0 aliphatic carbocycles. The summed E-state index contributed by atoms with van der Waals surface area (Å²) >= 11 is 0. The van der Waals surface area contributed by atoms with E-state index in [1.165, 1.54) is 5.56 Å². The minimum Gasteiger partial charge on any atom is -0.392 e. The van der Waals surface area contributed by atoms with Gasteiger partial charge in [-0.25, -0.2) is 0 Å². The van der Waals surface area contributed by atoms with Crippen LogP contribution in [0.4, 0.5) is 0 Å². The Morgan fingerprint density at radius 1 is 1.00 bits per heavy atom. The highest BCUT2D eigenvalue weighted by atomic mass is 16.3. The van der Waals surface area contributed by atoms with Gasteiger partial charge in [0.25, 0.3) is 0 Å². The van der Waals surface area contributed by atoms with E-state index in [0.29, 0.717) is 0 Å². The second-order valence-corrected chi connectivity index (χ2v) is 4.66. The molecule has 0 bridgehead atoms. The molecule has 2 aromatic rings. The van der Waals surface area contributed by atoms with E-state index in [0.717, 1.165) is 27.8 Å². The van der Waals surface area contributed by atoms with E-state index in [1.54, 1.807) is 0 Å². The highest BCUT2D eigenvalue weighted by molar-refractivity contribution is 5.79. The summed E-state index contributed by atoms with van der Waals surface area (Å²) in [5, 5.41) is 9.44. The van der Waals surface area contributed by atoms with E-state index < -0.39 is 0 Å². The summed E-state index contributed by atoms with van der Waals surface area (Å²) in [5.41, 5.74) is 6.39. The van der Waals surface area contributed by atoms with Crippen LogP contribution < -0.4 is 0 Å². The molecule has 0 heterocycles. The zero-order valence-electron chi connectivity index (χ0n) is 10.9. The van der Waals surface area contributed by atoms with E-state index in [9.17, 15) is 5.11 Å². The van der Waals surface area contributed by atoms with Crippen LogP contribution in [0.2, 0.25) is 0 Å². The highest BCUT2D eigenvalue weighted by Crippen LogP contribution is 2.25. The maximum absolute atomic E-state index is 9.44. The van der Waals surface area contributed by atoms with Crippen molar-refractivity contribution in [3.8, 4) is 0 Å². The summed E-state index contributed by atoms with van der Waals surface area (Å²) in [4.78, 5) is 0. The van der Waals surface area contributed by atoms with Gasteiger partial charge in [-0.3, -0.25) is 0 Å². The van der Waals surface area contributed by atoms with Crippen LogP contribution in [-0.2, 0) is 6.61 Å². The first kappa shape index (κ1) is 12.6.